The second kappa shape index (κ2) is 7.51. The van der Waals surface area contributed by atoms with Crippen LogP contribution in [0.1, 0.15) is 42.8 Å². The molecule has 0 aromatic carbocycles. The van der Waals surface area contributed by atoms with Gasteiger partial charge in [-0.2, -0.15) is 0 Å². The molecule has 1 aliphatic heterocycles. The van der Waals surface area contributed by atoms with Crippen LogP contribution in [0.15, 0.2) is 22.1 Å². The van der Waals surface area contributed by atoms with E-state index in [-0.39, 0.29) is 0 Å². The molecule has 3 nitrogen and oxygen atoms in total. The number of furan rings is 1. The van der Waals surface area contributed by atoms with E-state index < -0.39 is 0 Å². The first kappa shape index (κ1) is 14.4. The summed E-state index contributed by atoms with van der Waals surface area (Å²) in [6.45, 7) is 3.21. The first-order valence-electron chi connectivity index (χ1n) is 7.12. The van der Waals surface area contributed by atoms with Crippen LogP contribution in [0.3, 0.4) is 0 Å². The molecular formula is C16H24O3. The van der Waals surface area contributed by atoms with E-state index in [1.54, 1.807) is 7.11 Å². The van der Waals surface area contributed by atoms with E-state index in [2.05, 4.69) is 19.1 Å². The number of allylic oxidation sites excluding steroid dienone is 1. The van der Waals surface area contributed by atoms with E-state index in [4.69, 9.17) is 13.9 Å². The number of aryl methyl sites for hydroxylation is 3. The fourth-order valence-corrected chi connectivity index (χ4v) is 2.51. The number of hydrogen-bond donors (Lipinski definition) is 0. The molecule has 2 heterocycles. The van der Waals surface area contributed by atoms with Gasteiger partial charge in [-0.15, -0.1) is 0 Å². The maximum absolute atomic E-state index is 5.90. The molecule has 0 radical (unpaired) electrons. The molecule has 3 heteroatoms. The molecule has 0 saturated carbocycles. The molecule has 2 bridgehead atoms. The highest BCUT2D eigenvalue weighted by Crippen LogP contribution is 2.21. The minimum absolute atomic E-state index is 0.373. The summed E-state index contributed by atoms with van der Waals surface area (Å²) >= 11 is 0. The third-order valence-electron chi connectivity index (χ3n) is 3.54. The van der Waals surface area contributed by atoms with Crippen LogP contribution in [-0.2, 0) is 22.3 Å². The van der Waals surface area contributed by atoms with Gasteiger partial charge in [0.2, 0.25) is 0 Å². The molecular weight excluding hydrogens is 240 g/mol. The Bertz CT molecular complexity index is 418. The van der Waals surface area contributed by atoms with Crippen LogP contribution in [0.25, 0.3) is 0 Å². The summed E-state index contributed by atoms with van der Waals surface area (Å²) in [5, 5.41) is 0. The van der Waals surface area contributed by atoms with Crippen molar-refractivity contribution in [1.29, 1.82) is 0 Å². The molecule has 1 aromatic heterocycles. The molecule has 0 unspecified atom stereocenters. The van der Waals surface area contributed by atoms with E-state index in [9.17, 15) is 0 Å². The molecule has 19 heavy (non-hydrogen) atoms. The zero-order valence-corrected chi connectivity index (χ0v) is 12.0. The van der Waals surface area contributed by atoms with E-state index >= 15 is 0 Å². The lowest BCUT2D eigenvalue weighted by molar-refractivity contribution is -0.0218. The van der Waals surface area contributed by atoms with Crippen molar-refractivity contribution >= 4 is 0 Å². The molecule has 2 rings (SSSR count). The monoisotopic (exact) mass is 264 g/mol. The predicted molar refractivity (Wildman–Crippen MR) is 75.2 cm³/mol. The quantitative estimate of drug-likeness (QED) is 0.471. The van der Waals surface area contributed by atoms with Gasteiger partial charge in [-0.05, 0) is 49.8 Å². The molecule has 0 spiro atoms. The average molecular weight is 264 g/mol. The van der Waals surface area contributed by atoms with Gasteiger partial charge < -0.3 is 13.9 Å². The van der Waals surface area contributed by atoms with Gasteiger partial charge in [-0.25, -0.2) is 0 Å². The normalized spacial score (nSPS) is 19.6. The maximum Gasteiger partial charge on any atom is 0.146 e. The summed E-state index contributed by atoms with van der Waals surface area (Å²) in [5.74, 6) is 2.29. The topological polar surface area (TPSA) is 31.6 Å². The van der Waals surface area contributed by atoms with Crippen molar-refractivity contribution in [3.8, 4) is 0 Å². The Morgan fingerprint density at radius 2 is 2.05 bits per heavy atom. The van der Waals surface area contributed by atoms with Crippen LogP contribution in [0, 0.1) is 6.92 Å². The van der Waals surface area contributed by atoms with Crippen LogP contribution in [0.4, 0.5) is 0 Å². The molecule has 106 valence electrons. The lowest BCUT2D eigenvalue weighted by Crippen LogP contribution is -2.02. The number of fused-ring (bicyclic) bond motifs is 2. The minimum Gasteiger partial charge on any atom is -0.466 e. The molecule has 0 N–H and O–H groups in total. The first-order valence-corrected chi connectivity index (χ1v) is 7.12. The molecule has 0 aliphatic carbocycles. The van der Waals surface area contributed by atoms with Crippen molar-refractivity contribution in [2.45, 2.75) is 45.4 Å². The maximum atomic E-state index is 5.90. The minimum atomic E-state index is 0.373. The Balaban J connectivity index is 1.95. The summed E-state index contributed by atoms with van der Waals surface area (Å²) in [5.41, 5.74) is 2.70. The Morgan fingerprint density at radius 3 is 2.89 bits per heavy atom. The zero-order chi connectivity index (χ0) is 13.5. The highest BCUT2D eigenvalue weighted by molar-refractivity contribution is 5.21. The lowest BCUT2D eigenvalue weighted by atomic mass is 10.0. The lowest BCUT2D eigenvalue weighted by Gasteiger charge is -2.08. The zero-order valence-electron chi connectivity index (χ0n) is 12.0. The smallest absolute Gasteiger partial charge is 0.146 e. The van der Waals surface area contributed by atoms with Crippen LogP contribution in [0.5, 0.6) is 0 Å². The van der Waals surface area contributed by atoms with Crippen LogP contribution >= 0.6 is 0 Å². The van der Waals surface area contributed by atoms with Crippen molar-refractivity contribution in [3.05, 3.63) is 34.8 Å². The summed E-state index contributed by atoms with van der Waals surface area (Å²) < 4.78 is 16.3. The Kier molecular flexibility index (Phi) is 5.67. The van der Waals surface area contributed by atoms with Crippen LogP contribution in [-0.4, -0.2) is 20.5 Å². The summed E-state index contributed by atoms with van der Waals surface area (Å²) in [6.07, 6.45) is 8.85. The van der Waals surface area contributed by atoms with Crippen molar-refractivity contribution in [1.82, 2.24) is 0 Å². The highest BCUT2D eigenvalue weighted by Gasteiger charge is 2.09. The van der Waals surface area contributed by atoms with E-state index in [1.807, 2.05) is 0 Å². The van der Waals surface area contributed by atoms with Gasteiger partial charge >= 0.3 is 0 Å². The third-order valence-corrected chi connectivity index (χ3v) is 3.54. The third kappa shape index (κ3) is 4.51. The molecule has 0 atom stereocenters. The van der Waals surface area contributed by atoms with Crippen molar-refractivity contribution in [2.75, 3.05) is 20.5 Å². The van der Waals surface area contributed by atoms with Gasteiger partial charge in [-0.3, -0.25) is 0 Å². The summed E-state index contributed by atoms with van der Waals surface area (Å²) in [7, 11) is 1.66. The van der Waals surface area contributed by atoms with Gasteiger partial charge in [0.15, 0.2) is 0 Å². The van der Waals surface area contributed by atoms with Gasteiger partial charge in [0.25, 0.3) is 0 Å². The van der Waals surface area contributed by atoms with Gasteiger partial charge in [0.05, 0.1) is 6.61 Å². The van der Waals surface area contributed by atoms with Crippen molar-refractivity contribution < 1.29 is 13.9 Å². The van der Waals surface area contributed by atoms with Crippen LogP contribution < -0.4 is 0 Å². The van der Waals surface area contributed by atoms with Gasteiger partial charge in [0, 0.05) is 20.0 Å². The number of methoxy groups -OCH3 is 1. The average Bonchev–Trinajstić information content (AvgIpc) is 2.71. The number of rotatable bonds is 4. The Morgan fingerprint density at radius 1 is 1.21 bits per heavy atom. The molecule has 1 aromatic rings. The molecule has 0 amide bonds. The highest BCUT2D eigenvalue weighted by atomic mass is 16.7. The summed E-state index contributed by atoms with van der Waals surface area (Å²) in [6, 6.07) is 2.19. The number of ether oxygens (including phenoxy) is 2. The van der Waals surface area contributed by atoms with Crippen LogP contribution in [0.2, 0.25) is 0 Å². The van der Waals surface area contributed by atoms with E-state index in [0.29, 0.717) is 13.4 Å². The van der Waals surface area contributed by atoms with E-state index in [0.717, 1.165) is 31.4 Å². The molecule has 0 fully saturated rings. The standard InChI is InChI=1S/C16H24O3/c1-13-10-15-8-5-7-14(11-18-12-17-2)6-3-4-9-16(13)19-15/h7,10H,3-6,8-9,11-12H2,1-2H3/b14-7-. The fourth-order valence-electron chi connectivity index (χ4n) is 2.51. The van der Waals surface area contributed by atoms with Gasteiger partial charge in [-0.1, -0.05) is 6.08 Å². The predicted octanol–water partition coefficient (Wildman–Crippen LogP) is 3.79. The fraction of sp³-hybridized carbons (Fsp3) is 0.625. The first-order chi connectivity index (χ1) is 9.29. The SMILES string of the molecule is COCOC/C1=C\CCc2cc(C)c(o2)CCCC1. The second-order valence-corrected chi connectivity index (χ2v) is 5.18. The van der Waals surface area contributed by atoms with Crippen molar-refractivity contribution in [3.63, 3.8) is 0 Å². The van der Waals surface area contributed by atoms with Gasteiger partial charge in [0.1, 0.15) is 18.3 Å². The van der Waals surface area contributed by atoms with Crippen molar-refractivity contribution in [2.24, 2.45) is 0 Å². The second-order valence-electron chi connectivity index (χ2n) is 5.18. The van der Waals surface area contributed by atoms with E-state index in [1.165, 1.54) is 29.7 Å². The summed E-state index contributed by atoms with van der Waals surface area (Å²) in [4.78, 5) is 0. The number of hydrogen-bond acceptors (Lipinski definition) is 3. The Labute approximate surface area is 115 Å². The molecule has 1 aliphatic rings. The largest absolute Gasteiger partial charge is 0.466 e. The Hall–Kier alpha value is -1.06. The molecule has 0 saturated heterocycles.